The molecule has 0 heterocycles. The fourth-order valence-electron chi connectivity index (χ4n) is 5.37. The van der Waals surface area contributed by atoms with E-state index in [1.165, 1.54) is 11.6 Å². The summed E-state index contributed by atoms with van der Waals surface area (Å²) in [5.41, 5.74) is 6.77. The zero-order valence-electron chi connectivity index (χ0n) is 16.5. The van der Waals surface area contributed by atoms with E-state index < -0.39 is 0 Å². The van der Waals surface area contributed by atoms with Gasteiger partial charge in [-0.15, -0.1) is 0 Å². The van der Waals surface area contributed by atoms with Gasteiger partial charge < -0.3 is 5.32 Å². The molecule has 3 nitrogen and oxygen atoms in total. The van der Waals surface area contributed by atoms with E-state index in [2.05, 4.69) is 35.8 Å². The maximum Gasteiger partial charge on any atom is 0.177 e. The van der Waals surface area contributed by atoms with Gasteiger partial charge in [-0.25, -0.2) is 4.39 Å². The van der Waals surface area contributed by atoms with Crippen LogP contribution in [-0.2, 0) is 19.3 Å². The normalized spacial score (nSPS) is 21.4. The highest BCUT2D eigenvalue weighted by Crippen LogP contribution is 2.53. The van der Waals surface area contributed by atoms with Crippen molar-refractivity contribution in [2.75, 3.05) is 0 Å². The summed E-state index contributed by atoms with van der Waals surface area (Å²) < 4.78 is 14.3. The van der Waals surface area contributed by atoms with Crippen LogP contribution in [0.2, 0.25) is 0 Å². The Labute approximate surface area is 175 Å². The number of hydrogen-bond donors (Lipinski definition) is 1. The molecule has 3 aromatic rings. The third kappa shape index (κ3) is 2.85. The summed E-state index contributed by atoms with van der Waals surface area (Å²) in [5.74, 6) is -0.123. The predicted molar refractivity (Wildman–Crippen MR) is 113 cm³/mol. The summed E-state index contributed by atoms with van der Waals surface area (Å²) in [6.07, 6.45) is 5.33. The Hall–Kier alpha value is -3.63. The summed E-state index contributed by atoms with van der Waals surface area (Å²) in [5, 5.41) is 21.8. The van der Waals surface area contributed by atoms with E-state index in [4.69, 9.17) is 0 Å². The van der Waals surface area contributed by atoms with Gasteiger partial charge in [-0.2, -0.15) is 10.5 Å². The fourth-order valence-corrected chi connectivity index (χ4v) is 5.37. The van der Waals surface area contributed by atoms with E-state index >= 15 is 0 Å². The van der Waals surface area contributed by atoms with Crippen molar-refractivity contribution in [1.82, 2.24) is 5.32 Å². The molecule has 2 unspecified atom stereocenters. The van der Waals surface area contributed by atoms with Crippen LogP contribution < -0.4 is 5.32 Å². The molecule has 2 aliphatic carbocycles. The van der Waals surface area contributed by atoms with Gasteiger partial charge in [0.2, 0.25) is 0 Å². The van der Waals surface area contributed by atoms with Gasteiger partial charge in [-0.3, -0.25) is 0 Å². The molecule has 0 bridgehead atoms. The van der Waals surface area contributed by atoms with Crippen LogP contribution in [0.25, 0.3) is 11.1 Å². The SMILES string of the molecule is N#CNC1c2cc(-c3cccc(C#N)c3)ccc2CC12CCc1c(F)cccc1C2. The smallest absolute Gasteiger partial charge is 0.177 e. The summed E-state index contributed by atoms with van der Waals surface area (Å²) >= 11 is 0. The number of benzene rings is 3. The molecule has 3 aromatic carbocycles. The van der Waals surface area contributed by atoms with Gasteiger partial charge in [-0.05, 0) is 83.3 Å². The van der Waals surface area contributed by atoms with Crippen LogP contribution >= 0.6 is 0 Å². The number of rotatable bonds is 2. The monoisotopic (exact) mass is 393 g/mol. The number of nitrogens with one attached hydrogen (secondary N) is 1. The van der Waals surface area contributed by atoms with E-state index in [9.17, 15) is 14.9 Å². The summed E-state index contributed by atoms with van der Waals surface area (Å²) in [6.45, 7) is 0. The van der Waals surface area contributed by atoms with Crippen molar-refractivity contribution in [2.45, 2.75) is 31.7 Å². The second-order valence-corrected chi connectivity index (χ2v) is 8.39. The van der Waals surface area contributed by atoms with Crippen molar-refractivity contribution in [1.29, 1.82) is 10.5 Å². The molecule has 0 amide bonds. The molecule has 0 fully saturated rings. The van der Waals surface area contributed by atoms with Crippen molar-refractivity contribution < 1.29 is 4.39 Å². The van der Waals surface area contributed by atoms with Crippen LogP contribution in [0.4, 0.5) is 4.39 Å². The lowest BCUT2D eigenvalue weighted by Crippen LogP contribution is -2.38. The highest BCUT2D eigenvalue weighted by molar-refractivity contribution is 5.67. The van der Waals surface area contributed by atoms with Gasteiger partial charge in [0.1, 0.15) is 5.82 Å². The lowest BCUT2D eigenvalue weighted by atomic mass is 9.67. The number of hydrogen-bond acceptors (Lipinski definition) is 3. The molecule has 2 atom stereocenters. The minimum atomic E-state index is -0.133. The van der Waals surface area contributed by atoms with Gasteiger partial charge in [0, 0.05) is 5.41 Å². The molecule has 0 radical (unpaired) electrons. The lowest BCUT2D eigenvalue weighted by molar-refractivity contribution is 0.192. The topological polar surface area (TPSA) is 59.6 Å². The van der Waals surface area contributed by atoms with Gasteiger partial charge in [0.25, 0.3) is 0 Å². The third-order valence-electron chi connectivity index (χ3n) is 6.78. The van der Waals surface area contributed by atoms with Crippen LogP contribution in [0, 0.1) is 34.0 Å². The first-order valence-electron chi connectivity index (χ1n) is 10.2. The maximum atomic E-state index is 14.3. The highest BCUT2D eigenvalue weighted by atomic mass is 19.1. The predicted octanol–water partition coefficient (Wildman–Crippen LogP) is 5.21. The Morgan fingerprint density at radius 3 is 2.57 bits per heavy atom. The first kappa shape index (κ1) is 18.4. The zero-order valence-corrected chi connectivity index (χ0v) is 16.5. The molecule has 5 rings (SSSR count). The van der Waals surface area contributed by atoms with Crippen LogP contribution in [0.1, 0.15) is 40.3 Å². The van der Waals surface area contributed by atoms with Gasteiger partial charge in [-0.1, -0.05) is 36.4 Å². The van der Waals surface area contributed by atoms with Crippen LogP contribution in [0.15, 0.2) is 60.7 Å². The van der Waals surface area contributed by atoms with Crippen LogP contribution in [0.5, 0.6) is 0 Å². The quantitative estimate of drug-likeness (QED) is 0.480. The first-order valence-corrected chi connectivity index (χ1v) is 10.2. The molecular formula is C26H20FN3. The molecule has 0 aliphatic heterocycles. The van der Waals surface area contributed by atoms with Crippen LogP contribution in [-0.4, -0.2) is 0 Å². The minimum Gasteiger partial charge on any atom is -0.316 e. The number of nitriles is 2. The van der Waals surface area contributed by atoms with Crippen molar-refractivity contribution in [2.24, 2.45) is 5.41 Å². The Morgan fingerprint density at radius 2 is 1.73 bits per heavy atom. The number of fused-ring (bicyclic) bond motifs is 2. The second-order valence-electron chi connectivity index (χ2n) is 8.39. The molecule has 1 N–H and O–H groups in total. The van der Waals surface area contributed by atoms with E-state index in [0.29, 0.717) is 12.0 Å². The maximum absolute atomic E-state index is 14.3. The summed E-state index contributed by atoms with van der Waals surface area (Å²) in [6, 6.07) is 21.4. The van der Waals surface area contributed by atoms with E-state index in [1.807, 2.05) is 24.3 Å². The second kappa shape index (κ2) is 7.01. The first-order chi connectivity index (χ1) is 14.6. The van der Waals surface area contributed by atoms with Crippen molar-refractivity contribution >= 4 is 0 Å². The largest absolute Gasteiger partial charge is 0.316 e. The Morgan fingerprint density at radius 1 is 0.933 bits per heavy atom. The molecule has 0 saturated carbocycles. The molecule has 30 heavy (non-hydrogen) atoms. The Bertz CT molecular complexity index is 1230. The van der Waals surface area contributed by atoms with Gasteiger partial charge in [0.05, 0.1) is 17.7 Å². The Balaban J connectivity index is 1.56. The van der Waals surface area contributed by atoms with Gasteiger partial charge >= 0.3 is 0 Å². The zero-order chi connectivity index (χ0) is 20.7. The lowest BCUT2D eigenvalue weighted by Gasteiger charge is -2.39. The van der Waals surface area contributed by atoms with E-state index in [-0.39, 0.29) is 17.3 Å². The molecule has 4 heteroatoms. The fraction of sp³-hybridized carbons (Fsp3) is 0.231. The van der Waals surface area contributed by atoms with E-state index in [0.717, 1.165) is 47.1 Å². The summed E-state index contributed by atoms with van der Waals surface area (Å²) in [7, 11) is 0. The number of nitrogens with zero attached hydrogens (tertiary/aromatic N) is 2. The molecule has 146 valence electrons. The number of halogens is 1. The molecule has 0 saturated heterocycles. The molecule has 2 aliphatic rings. The molecular weight excluding hydrogens is 373 g/mol. The van der Waals surface area contributed by atoms with Crippen molar-refractivity contribution in [3.63, 3.8) is 0 Å². The molecule has 1 spiro atoms. The average molecular weight is 393 g/mol. The minimum absolute atomic E-state index is 0.104. The highest BCUT2D eigenvalue weighted by Gasteiger charge is 2.48. The average Bonchev–Trinajstić information content (AvgIpc) is 3.06. The van der Waals surface area contributed by atoms with Crippen molar-refractivity contribution in [3.05, 3.63) is 94.3 Å². The third-order valence-corrected chi connectivity index (χ3v) is 6.78. The molecule has 0 aromatic heterocycles. The summed E-state index contributed by atoms with van der Waals surface area (Å²) in [4.78, 5) is 0. The van der Waals surface area contributed by atoms with Crippen molar-refractivity contribution in [3.8, 4) is 23.4 Å². The van der Waals surface area contributed by atoms with E-state index in [1.54, 1.807) is 12.1 Å². The van der Waals surface area contributed by atoms with Crippen LogP contribution in [0.3, 0.4) is 0 Å². The standard InChI is InChI=1S/C26H20FN3/c27-24-6-2-5-20-13-26(10-9-22(20)24)14-21-8-7-19(12-23(21)25(26)30-16-29)18-4-1-3-17(11-18)15-28/h1-8,11-12,25,30H,9-10,13-14H2. The van der Waals surface area contributed by atoms with Gasteiger partial charge in [0.15, 0.2) is 6.19 Å². The Kier molecular flexibility index (Phi) is 4.30.